The predicted octanol–water partition coefficient (Wildman–Crippen LogP) is 6.33. The number of fused-ring (bicyclic) bond motifs is 1. The zero-order valence-corrected chi connectivity index (χ0v) is 30.0. The SMILES string of the molecule is C=C(/C=C\C(=C/C)C1CCN(C2CCN(Cc3ccc(-c4cn(C)c(=O)c5ccc(F)cc45)cc3OC(F)(F)F)CC2)CC1)NC1CCC(=O)NC1=O. The molecule has 282 valence electrons. The highest BCUT2D eigenvalue weighted by molar-refractivity contribution is 6.00. The molecule has 1 unspecified atom stereocenters. The Morgan fingerprint density at radius 2 is 1.72 bits per heavy atom. The topological polar surface area (TPSA) is 95.9 Å². The summed E-state index contributed by atoms with van der Waals surface area (Å²) in [5, 5.41) is 6.04. The fourth-order valence-corrected chi connectivity index (χ4v) is 7.79. The van der Waals surface area contributed by atoms with Crippen LogP contribution in [0.15, 0.2) is 83.5 Å². The summed E-state index contributed by atoms with van der Waals surface area (Å²) in [6.07, 6.45) is 7.17. The Kier molecular flexibility index (Phi) is 11.5. The molecule has 6 rings (SSSR count). The average Bonchev–Trinajstić information content (AvgIpc) is 3.12. The van der Waals surface area contributed by atoms with Gasteiger partial charge in [-0.2, -0.15) is 0 Å². The molecule has 3 aliphatic heterocycles. The third-order valence-electron chi connectivity index (χ3n) is 10.6. The Morgan fingerprint density at radius 1 is 0.981 bits per heavy atom. The summed E-state index contributed by atoms with van der Waals surface area (Å²) in [6.45, 7) is 9.69. The Labute approximate surface area is 306 Å². The summed E-state index contributed by atoms with van der Waals surface area (Å²) in [5.41, 5.74) is 2.70. The molecule has 0 bridgehead atoms. The van der Waals surface area contributed by atoms with Crippen LogP contribution in [0.3, 0.4) is 0 Å². The van der Waals surface area contributed by atoms with Crippen molar-refractivity contribution < 1.29 is 31.9 Å². The van der Waals surface area contributed by atoms with Gasteiger partial charge in [-0.3, -0.25) is 24.6 Å². The van der Waals surface area contributed by atoms with Crippen molar-refractivity contribution in [3.8, 4) is 16.9 Å². The Morgan fingerprint density at radius 3 is 2.40 bits per heavy atom. The van der Waals surface area contributed by atoms with Gasteiger partial charge in [0, 0.05) is 54.5 Å². The zero-order chi connectivity index (χ0) is 37.9. The third-order valence-corrected chi connectivity index (χ3v) is 10.6. The first kappa shape index (κ1) is 38.0. The number of halogens is 4. The first-order chi connectivity index (χ1) is 25.3. The lowest BCUT2D eigenvalue weighted by atomic mass is 9.87. The molecular formula is C40H45F4N5O4. The maximum Gasteiger partial charge on any atom is 0.573 e. The molecule has 0 radical (unpaired) electrons. The standard InChI is InChI=1S/C40H45F4N5O4/c1-4-26(6-5-25(2)45-35-11-12-37(50)46-38(35)51)27-13-19-49(20-14-27)31-15-17-48(18-16-31)23-29-8-7-28(21-36(29)53-40(42,43)44)34-24-47(3)39(52)32-10-9-30(41)22-33(32)34/h4-10,21-22,24,27,31,35,45H,2,11-20,23H2,1,3H3,(H,46,50,51)/b6-5-,26-4+. The van der Waals surface area contributed by atoms with Gasteiger partial charge in [0.2, 0.25) is 11.8 Å². The second-order valence-corrected chi connectivity index (χ2v) is 14.1. The number of benzene rings is 2. The van der Waals surface area contributed by atoms with Gasteiger partial charge in [0.15, 0.2) is 0 Å². The molecule has 2 N–H and O–H groups in total. The van der Waals surface area contributed by atoms with Crippen LogP contribution < -0.4 is 20.9 Å². The van der Waals surface area contributed by atoms with Gasteiger partial charge in [0.25, 0.3) is 5.56 Å². The lowest BCUT2D eigenvalue weighted by Crippen LogP contribution is -2.50. The first-order valence-electron chi connectivity index (χ1n) is 18.1. The summed E-state index contributed by atoms with van der Waals surface area (Å²) in [6, 6.07) is 8.34. The Balaban J connectivity index is 1.05. The normalized spacial score (nSPS) is 20.3. The molecule has 13 heteroatoms. The summed E-state index contributed by atoms with van der Waals surface area (Å²) in [5.74, 6) is -1.07. The fraction of sp³-hybridized carbons (Fsp3) is 0.425. The molecule has 3 fully saturated rings. The number of nitrogens with one attached hydrogen (secondary N) is 2. The molecule has 0 aliphatic carbocycles. The van der Waals surface area contributed by atoms with Crippen LogP contribution in [0.5, 0.6) is 5.75 Å². The van der Waals surface area contributed by atoms with E-state index in [4.69, 9.17) is 0 Å². The molecule has 53 heavy (non-hydrogen) atoms. The zero-order valence-electron chi connectivity index (χ0n) is 30.0. The van der Waals surface area contributed by atoms with E-state index in [1.54, 1.807) is 19.2 Å². The van der Waals surface area contributed by atoms with E-state index in [9.17, 15) is 31.9 Å². The molecule has 3 saturated heterocycles. The quantitative estimate of drug-likeness (QED) is 0.143. The van der Waals surface area contributed by atoms with Gasteiger partial charge >= 0.3 is 6.36 Å². The molecule has 0 spiro atoms. The fourth-order valence-electron chi connectivity index (χ4n) is 7.79. The van der Waals surface area contributed by atoms with E-state index in [0.29, 0.717) is 52.6 Å². The molecule has 3 aliphatic rings. The maximum atomic E-state index is 14.2. The Bertz CT molecular complexity index is 1990. The van der Waals surface area contributed by atoms with Crippen molar-refractivity contribution in [2.75, 3.05) is 26.2 Å². The van der Waals surface area contributed by atoms with Crippen LogP contribution in [-0.2, 0) is 23.2 Å². The number of aryl methyl sites for hydroxylation is 1. The predicted molar refractivity (Wildman–Crippen MR) is 195 cm³/mol. The number of carbonyl (C=O) groups is 2. The van der Waals surface area contributed by atoms with Crippen molar-refractivity contribution in [3.05, 3.63) is 100 Å². The average molecular weight is 736 g/mol. The number of likely N-dealkylation sites (tertiary alicyclic amines) is 2. The van der Waals surface area contributed by atoms with E-state index in [2.05, 4.69) is 37.8 Å². The highest BCUT2D eigenvalue weighted by Crippen LogP contribution is 2.36. The van der Waals surface area contributed by atoms with Gasteiger partial charge in [0.1, 0.15) is 17.6 Å². The van der Waals surface area contributed by atoms with Crippen molar-refractivity contribution in [2.45, 2.75) is 70.4 Å². The van der Waals surface area contributed by atoms with Gasteiger partial charge < -0.3 is 19.5 Å². The number of nitrogens with zero attached hydrogens (tertiary/aromatic N) is 3. The van der Waals surface area contributed by atoms with Gasteiger partial charge in [-0.1, -0.05) is 30.9 Å². The molecule has 9 nitrogen and oxygen atoms in total. The minimum atomic E-state index is -4.91. The number of alkyl halides is 3. The molecule has 0 saturated carbocycles. The largest absolute Gasteiger partial charge is 0.573 e. The van der Waals surface area contributed by atoms with Crippen LogP contribution in [-0.4, -0.2) is 70.8 Å². The lowest BCUT2D eigenvalue weighted by Gasteiger charge is -2.42. The second kappa shape index (κ2) is 16.1. The summed E-state index contributed by atoms with van der Waals surface area (Å²) in [7, 11) is 1.55. The smallest absolute Gasteiger partial charge is 0.405 e. The first-order valence-corrected chi connectivity index (χ1v) is 18.1. The number of ether oxygens (including phenoxy) is 1. The highest BCUT2D eigenvalue weighted by Gasteiger charge is 2.34. The van der Waals surface area contributed by atoms with Crippen molar-refractivity contribution in [2.24, 2.45) is 13.0 Å². The van der Waals surface area contributed by atoms with Crippen molar-refractivity contribution >= 4 is 22.6 Å². The van der Waals surface area contributed by atoms with Crippen molar-refractivity contribution in [3.63, 3.8) is 0 Å². The van der Waals surface area contributed by atoms with Crippen LogP contribution in [0, 0.1) is 11.7 Å². The second-order valence-electron chi connectivity index (χ2n) is 14.1. The lowest BCUT2D eigenvalue weighted by molar-refractivity contribution is -0.275. The van der Waals surface area contributed by atoms with Gasteiger partial charge in [-0.05, 0) is 118 Å². The summed E-state index contributed by atoms with van der Waals surface area (Å²) >= 11 is 0. The number of rotatable bonds is 10. The van der Waals surface area contributed by atoms with E-state index in [0.717, 1.165) is 51.9 Å². The van der Waals surface area contributed by atoms with Gasteiger partial charge in [-0.25, -0.2) is 4.39 Å². The van der Waals surface area contributed by atoms with E-state index < -0.39 is 18.2 Å². The number of aromatic nitrogens is 1. The maximum absolute atomic E-state index is 14.2. The van der Waals surface area contributed by atoms with E-state index in [-0.39, 0.29) is 35.1 Å². The van der Waals surface area contributed by atoms with Crippen LogP contribution in [0.25, 0.3) is 21.9 Å². The summed E-state index contributed by atoms with van der Waals surface area (Å²) < 4.78 is 61.0. The number of hydrogen-bond acceptors (Lipinski definition) is 7. The minimum absolute atomic E-state index is 0.256. The van der Waals surface area contributed by atoms with E-state index in [1.807, 2.05) is 19.1 Å². The van der Waals surface area contributed by atoms with Crippen LogP contribution in [0.1, 0.15) is 51.0 Å². The number of piperidine rings is 3. The Hall–Kier alpha value is -4.75. The third kappa shape index (κ3) is 9.25. The summed E-state index contributed by atoms with van der Waals surface area (Å²) in [4.78, 5) is 40.9. The van der Waals surface area contributed by atoms with Crippen LogP contribution >= 0.6 is 0 Å². The number of amides is 2. The van der Waals surface area contributed by atoms with Crippen molar-refractivity contribution in [1.82, 2.24) is 25.0 Å². The van der Waals surface area contributed by atoms with E-state index >= 15 is 0 Å². The molecule has 4 heterocycles. The van der Waals surface area contributed by atoms with Gasteiger partial charge in [0.05, 0.1) is 0 Å². The molecule has 1 aromatic heterocycles. The molecule has 1 atom stereocenters. The molecule has 2 aromatic carbocycles. The number of carbonyl (C=O) groups excluding carboxylic acids is 2. The highest BCUT2D eigenvalue weighted by atomic mass is 19.4. The van der Waals surface area contributed by atoms with E-state index in [1.165, 1.54) is 40.6 Å². The number of imide groups is 1. The number of allylic oxidation sites excluding steroid dienone is 4. The minimum Gasteiger partial charge on any atom is -0.405 e. The van der Waals surface area contributed by atoms with Crippen LogP contribution in [0.4, 0.5) is 17.6 Å². The molecular weight excluding hydrogens is 690 g/mol. The number of hydrogen-bond donors (Lipinski definition) is 2. The molecule has 3 aromatic rings. The van der Waals surface area contributed by atoms with Crippen molar-refractivity contribution in [1.29, 1.82) is 0 Å². The van der Waals surface area contributed by atoms with Gasteiger partial charge in [-0.15, -0.1) is 13.2 Å². The molecule has 2 amide bonds. The monoisotopic (exact) mass is 735 g/mol. The number of pyridine rings is 1. The van der Waals surface area contributed by atoms with Crippen LogP contribution in [0.2, 0.25) is 0 Å².